The molecule has 0 aromatic heterocycles. The number of hydrogen-bond donors (Lipinski definition) is 4. The minimum atomic E-state index is -1.08. The molecular formula is C16H31NO6. The number of aliphatic hydroxyl groups is 1. The molecule has 2 unspecified atom stereocenters. The number of carboxylic acid groups (broad SMARTS) is 2. The van der Waals surface area contributed by atoms with Crippen molar-refractivity contribution in [1.82, 2.24) is 5.32 Å². The summed E-state index contributed by atoms with van der Waals surface area (Å²) in [5, 5.41) is 27.7. The van der Waals surface area contributed by atoms with Gasteiger partial charge in [-0.1, -0.05) is 33.1 Å². The van der Waals surface area contributed by atoms with Gasteiger partial charge in [0.2, 0.25) is 5.91 Å². The van der Waals surface area contributed by atoms with Gasteiger partial charge in [-0.2, -0.15) is 0 Å². The van der Waals surface area contributed by atoms with Crippen molar-refractivity contribution in [3.63, 3.8) is 0 Å². The number of aliphatic hydroxyl groups excluding tert-OH is 1. The van der Waals surface area contributed by atoms with Gasteiger partial charge < -0.3 is 20.6 Å². The molecule has 2 atom stereocenters. The molecule has 0 heterocycles. The number of carbonyl (C=O) groups is 3. The van der Waals surface area contributed by atoms with E-state index >= 15 is 0 Å². The molecule has 23 heavy (non-hydrogen) atoms. The van der Waals surface area contributed by atoms with Crippen molar-refractivity contribution in [2.45, 2.75) is 71.8 Å². The average Bonchev–Trinajstić information content (AvgIpc) is 2.45. The zero-order valence-electron chi connectivity index (χ0n) is 14.4. The van der Waals surface area contributed by atoms with Gasteiger partial charge in [-0.25, -0.2) is 0 Å². The fraction of sp³-hybridized carbons (Fsp3) is 0.812. The molecule has 0 aliphatic rings. The van der Waals surface area contributed by atoms with E-state index in [-0.39, 0.29) is 25.2 Å². The van der Waals surface area contributed by atoms with E-state index in [9.17, 15) is 14.4 Å². The lowest BCUT2D eigenvalue weighted by atomic mass is 9.99. The van der Waals surface area contributed by atoms with Crippen molar-refractivity contribution in [3.05, 3.63) is 0 Å². The third-order valence-corrected chi connectivity index (χ3v) is 3.16. The molecule has 0 bridgehead atoms. The number of unbranched alkanes of at least 4 members (excludes halogenated alkanes) is 1. The number of carbonyl (C=O) groups excluding carboxylic acids is 1. The molecule has 0 rings (SSSR count). The Kier molecular flexibility index (Phi) is 15.7. The topological polar surface area (TPSA) is 124 Å². The number of amides is 1. The second kappa shape index (κ2) is 15.3. The predicted octanol–water partition coefficient (Wildman–Crippen LogP) is 2.03. The average molecular weight is 333 g/mol. The van der Waals surface area contributed by atoms with Gasteiger partial charge in [0.1, 0.15) is 0 Å². The van der Waals surface area contributed by atoms with Gasteiger partial charge in [-0.15, -0.1) is 0 Å². The zero-order valence-corrected chi connectivity index (χ0v) is 14.4. The summed E-state index contributed by atoms with van der Waals surface area (Å²) in [4.78, 5) is 30.6. The lowest BCUT2D eigenvalue weighted by Crippen LogP contribution is -2.31. The van der Waals surface area contributed by atoms with Crippen LogP contribution in [-0.4, -0.2) is 45.8 Å². The van der Waals surface area contributed by atoms with Crippen LogP contribution in [0.3, 0.4) is 0 Å². The molecule has 0 fully saturated rings. The number of nitrogens with one attached hydrogen (secondary N) is 1. The molecule has 0 aliphatic heterocycles. The van der Waals surface area contributed by atoms with Gasteiger partial charge in [0.15, 0.2) is 0 Å². The lowest BCUT2D eigenvalue weighted by molar-refractivity contribution is -0.143. The molecule has 0 saturated heterocycles. The van der Waals surface area contributed by atoms with E-state index in [0.717, 1.165) is 13.0 Å². The normalized spacial score (nSPS) is 12.5. The van der Waals surface area contributed by atoms with Crippen LogP contribution in [0.5, 0.6) is 0 Å². The Balaban J connectivity index is 0. The monoisotopic (exact) mass is 333 g/mol. The summed E-state index contributed by atoms with van der Waals surface area (Å²) in [6.45, 7) is 6.72. The molecular weight excluding hydrogens is 302 g/mol. The lowest BCUT2D eigenvalue weighted by Gasteiger charge is -2.15. The summed E-state index contributed by atoms with van der Waals surface area (Å²) in [6, 6.07) is 0. The molecule has 0 aliphatic carbocycles. The van der Waals surface area contributed by atoms with Gasteiger partial charge in [-0.05, 0) is 19.3 Å². The standard InChI is InChI=1S/C12H25NO2.C4H6O4/c1-4-6-7-11(5-2)9-13-12(15)8-10(3)14;5-3(6)1-2-4(7)8/h10-11,14H,4-9H2,1-3H3,(H,13,15);1-2H2,(H,5,6)(H,7,8). The number of hydrogen-bond acceptors (Lipinski definition) is 4. The molecule has 0 saturated carbocycles. The SMILES string of the molecule is CCCCC(CC)CNC(=O)CC(C)O.O=C(O)CCC(=O)O. The molecule has 0 spiro atoms. The van der Waals surface area contributed by atoms with Crippen LogP contribution in [0.4, 0.5) is 0 Å². The van der Waals surface area contributed by atoms with Crippen molar-refractivity contribution >= 4 is 17.8 Å². The summed E-state index contributed by atoms with van der Waals surface area (Å²) in [6.07, 6.45) is 3.80. The summed E-state index contributed by atoms with van der Waals surface area (Å²) in [5.41, 5.74) is 0. The summed E-state index contributed by atoms with van der Waals surface area (Å²) < 4.78 is 0. The third kappa shape index (κ3) is 20.4. The highest BCUT2D eigenvalue weighted by Gasteiger charge is 2.09. The van der Waals surface area contributed by atoms with Gasteiger partial charge >= 0.3 is 11.9 Å². The predicted molar refractivity (Wildman–Crippen MR) is 87.1 cm³/mol. The van der Waals surface area contributed by atoms with E-state index in [1.54, 1.807) is 6.92 Å². The first-order chi connectivity index (χ1) is 10.7. The Morgan fingerprint density at radius 2 is 1.57 bits per heavy atom. The van der Waals surface area contributed by atoms with Crippen LogP contribution in [-0.2, 0) is 14.4 Å². The first-order valence-electron chi connectivity index (χ1n) is 8.11. The van der Waals surface area contributed by atoms with Crippen LogP contribution >= 0.6 is 0 Å². The molecule has 0 aromatic rings. The van der Waals surface area contributed by atoms with Crippen LogP contribution in [0.2, 0.25) is 0 Å². The second-order valence-electron chi connectivity index (χ2n) is 5.56. The van der Waals surface area contributed by atoms with Gasteiger partial charge in [0.25, 0.3) is 0 Å². The Bertz CT molecular complexity index is 329. The van der Waals surface area contributed by atoms with Crippen molar-refractivity contribution in [3.8, 4) is 0 Å². The first-order valence-corrected chi connectivity index (χ1v) is 8.11. The van der Waals surface area contributed by atoms with Gasteiger partial charge in [0.05, 0.1) is 25.4 Å². The summed E-state index contributed by atoms with van der Waals surface area (Å²) in [7, 11) is 0. The van der Waals surface area contributed by atoms with Crippen molar-refractivity contribution in [2.75, 3.05) is 6.54 Å². The smallest absolute Gasteiger partial charge is 0.303 e. The molecule has 7 nitrogen and oxygen atoms in total. The number of aliphatic carboxylic acids is 2. The van der Waals surface area contributed by atoms with Crippen molar-refractivity contribution < 1.29 is 29.7 Å². The van der Waals surface area contributed by atoms with Crippen LogP contribution < -0.4 is 5.32 Å². The number of carboxylic acids is 2. The maximum absolute atomic E-state index is 11.3. The maximum atomic E-state index is 11.3. The number of rotatable bonds is 11. The van der Waals surface area contributed by atoms with E-state index in [1.165, 1.54) is 19.3 Å². The van der Waals surface area contributed by atoms with Crippen LogP contribution in [0.15, 0.2) is 0 Å². The quantitative estimate of drug-likeness (QED) is 0.458. The van der Waals surface area contributed by atoms with E-state index in [1.807, 2.05) is 0 Å². The molecule has 7 heteroatoms. The molecule has 0 aromatic carbocycles. The molecule has 0 radical (unpaired) electrons. The minimum absolute atomic E-state index is 0.0417. The Morgan fingerprint density at radius 3 is 1.91 bits per heavy atom. The van der Waals surface area contributed by atoms with Crippen LogP contribution in [0.25, 0.3) is 0 Å². The fourth-order valence-electron chi connectivity index (χ4n) is 1.76. The molecule has 136 valence electrons. The largest absolute Gasteiger partial charge is 0.481 e. The van der Waals surface area contributed by atoms with Gasteiger partial charge in [-0.3, -0.25) is 14.4 Å². The highest BCUT2D eigenvalue weighted by Crippen LogP contribution is 2.11. The molecule has 4 N–H and O–H groups in total. The summed E-state index contributed by atoms with van der Waals surface area (Å²) in [5.74, 6) is -1.61. The molecule has 1 amide bonds. The third-order valence-electron chi connectivity index (χ3n) is 3.16. The van der Waals surface area contributed by atoms with Crippen LogP contribution in [0.1, 0.15) is 65.7 Å². The fourth-order valence-corrected chi connectivity index (χ4v) is 1.76. The van der Waals surface area contributed by atoms with Crippen LogP contribution in [0, 0.1) is 5.92 Å². The second-order valence-corrected chi connectivity index (χ2v) is 5.56. The Labute approximate surface area is 138 Å². The summed E-state index contributed by atoms with van der Waals surface area (Å²) >= 11 is 0. The Morgan fingerprint density at radius 1 is 1.04 bits per heavy atom. The highest BCUT2D eigenvalue weighted by molar-refractivity contribution is 5.76. The van der Waals surface area contributed by atoms with E-state index in [0.29, 0.717) is 5.92 Å². The van der Waals surface area contributed by atoms with E-state index in [2.05, 4.69) is 19.2 Å². The van der Waals surface area contributed by atoms with Gasteiger partial charge in [0, 0.05) is 6.54 Å². The maximum Gasteiger partial charge on any atom is 0.303 e. The zero-order chi connectivity index (χ0) is 18.3. The van der Waals surface area contributed by atoms with Crippen molar-refractivity contribution in [2.24, 2.45) is 5.92 Å². The minimum Gasteiger partial charge on any atom is -0.481 e. The van der Waals surface area contributed by atoms with E-state index < -0.39 is 18.0 Å². The first kappa shape index (κ1) is 23.6. The Hall–Kier alpha value is -1.63. The van der Waals surface area contributed by atoms with Crippen molar-refractivity contribution in [1.29, 1.82) is 0 Å². The van der Waals surface area contributed by atoms with E-state index in [4.69, 9.17) is 15.3 Å². The highest BCUT2D eigenvalue weighted by atomic mass is 16.4.